The number of aliphatic hydroxyl groups is 1. The van der Waals surface area contributed by atoms with Crippen molar-refractivity contribution in [1.29, 1.82) is 0 Å². The Morgan fingerprint density at radius 1 is 1.44 bits per heavy atom. The Balaban J connectivity index is 2.58. The molecule has 16 heavy (non-hydrogen) atoms. The van der Waals surface area contributed by atoms with E-state index in [0.717, 1.165) is 19.3 Å². The molecule has 1 fully saturated rings. The van der Waals surface area contributed by atoms with Crippen molar-refractivity contribution >= 4 is 5.78 Å². The molecule has 0 aromatic rings. The van der Waals surface area contributed by atoms with Gasteiger partial charge < -0.3 is 5.11 Å². The van der Waals surface area contributed by atoms with Gasteiger partial charge in [0.15, 0.2) is 0 Å². The molecule has 0 radical (unpaired) electrons. The maximum atomic E-state index is 11.8. The summed E-state index contributed by atoms with van der Waals surface area (Å²) in [7, 11) is 0. The van der Waals surface area contributed by atoms with Crippen molar-refractivity contribution in [3.63, 3.8) is 0 Å². The van der Waals surface area contributed by atoms with Gasteiger partial charge >= 0.3 is 0 Å². The number of hydrogen-bond acceptors (Lipinski definition) is 2. The van der Waals surface area contributed by atoms with Crippen molar-refractivity contribution in [3.05, 3.63) is 0 Å². The molecule has 0 heterocycles. The second-order valence-electron chi connectivity index (χ2n) is 6.30. The van der Waals surface area contributed by atoms with Crippen LogP contribution in [0.2, 0.25) is 0 Å². The Hall–Kier alpha value is -0.370. The molecule has 0 saturated heterocycles. The summed E-state index contributed by atoms with van der Waals surface area (Å²) in [4.78, 5) is 11.8. The van der Waals surface area contributed by atoms with Crippen LogP contribution in [0.3, 0.4) is 0 Å². The van der Waals surface area contributed by atoms with Gasteiger partial charge in [0, 0.05) is 12.3 Å². The lowest BCUT2D eigenvalue weighted by atomic mass is 9.67. The van der Waals surface area contributed by atoms with Crippen LogP contribution in [-0.4, -0.2) is 17.0 Å². The first-order chi connectivity index (χ1) is 7.34. The number of carbonyl (C=O) groups excluding carboxylic acids is 1. The van der Waals surface area contributed by atoms with Crippen molar-refractivity contribution in [3.8, 4) is 0 Å². The molecule has 0 aromatic carbocycles. The summed E-state index contributed by atoms with van der Waals surface area (Å²) < 4.78 is 0. The third-order valence-corrected chi connectivity index (χ3v) is 4.02. The molecule has 3 unspecified atom stereocenters. The van der Waals surface area contributed by atoms with E-state index in [-0.39, 0.29) is 17.4 Å². The molecule has 2 heteroatoms. The Morgan fingerprint density at radius 2 is 2.06 bits per heavy atom. The van der Waals surface area contributed by atoms with Crippen molar-refractivity contribution in [2.24, 2.45) is 17.3 Å². The highest BCUT2D eigenvalue weighted by molar-refractivity contribution is 5.81. The molecule has 0 bridgehead atoms. The van der Waals surface area contributed by atoms with Crippen LogP contribution in [-0.2, 0) is 4.79 Å². The predicted molar refractivity (Wildman–Crippen MR) is 66.2 cm³/mol. The molecule has 2 nitrogen and oxygen atoms in total. The van der Waals surface area contributed by atoms with Crippen LogP contribution in [0.4, 0.5) is 0 Å². The quantitative estimate of drug-likeness (QED) is 0.802. The van der Waals surface area contributed by atoms with Gasteiger partial charge in [0.2, 0.25) is 0 Å². The minimum Gasteiger partial charge on any atom is -0.393 e. The van der Waals surface area contributed by atoms with Crippen LogP contribution in [0, 0.1) is 17.3 Å². The third-order valence-electron chi connectivity index (χ3n) is 4.02. The van der Waals surface area contributed by atoms with Crippen molar-refractivity contribution in [2.75, 3.05) is 0 Å². The summed E-state index contributed by atoms with van der Waals surface area (Å²) in [6, 6.07) is 0. The van der Waals surface area contributed by atoms with Crippen LogP contribution in [0.1, 0.15) is 59.8 Å². The Morgan fingerprint density at radius 3 is 2.56 bits per heavy atom. The Kier molecular flexibility index (Phi) is 4.54. The van der Waals surface area contributed by atoms with E-state index in [4.69, 9.17) is 0 Å². The highest BCUT2D eigenvalue weighted by Gasteiger charge is 2.35. The lowest BCUT2D eigenvalue weighted by molar-refractivity contribution is -0.127. The molecule has 0 aromatic heterocycles. The molecular formula is C14H26O2. The third kappa shape index (κ3) is 3.58. The van der Waals surface area contributed by atoms with Gasteiger partial charge in [0.1, 0.15) is 5.78 Å². The van der Waals surface area contributed by atoms with Crippen LogP contribution in [0.5, 0.6) is 0 Å². The number of Topliss-reactive ketones (excluding diaryl/α,β-unsaturated/α-hetero) is 1. The Labute approximate surface area is 99.4 Å². The molecule has 3 atom stereocenters. The van der Waals surface area contributed by atoms with Crippen LogP contribution >= 0.6 is 0 Å². The predicted octanol–water partition coefficient (Wildman–Crippen LogP) is 3.18. The van der Waals surface area contributed by atoms with Crippen LogP contribution in [0.15, 0.2) is 0 Å². The molecule has 1 saturated carbocycles. The van der Waals surface area contributed by atoms with Gasteiger partial charge in [-0.15, -0.1) is 0 Å². The molecule has 1 aliphatic carbocycles. The topological polar surface area (TPSA) is 37.3 Å². The van der Waals surface area contributed by atoms with E-state index in [1.54, 1.807) is 0 Å². The minimum atomic E-state index is -0.298. The van der Waals surface area contributed by atoms with Crippen molar-refractivity contribution < 1.29 is 9.90 Å². The maximum Gasteiger partial charge on any atom is 0.136 e. The van der Waals surface area contributed by atoms with Crippen molar-refractivity contribution in [1.82, 2.24) is 0 Å². The zero-order valence-electron chi connectivity index (χ0n) is 11.1. The average Bonchev–Trinajstić information content (AvgIpc) is 2.19. The van der Waals surface area contributed by atoms with Crippen LogP contribution in [0.25, 0.3) is 0 Å². The zero-order valence-corrected chi connectivity index (χ0v) is 11.1. The largest absolute Gasteiger partial charge is 0.393 e. The van der Waals surface area contributed by atoms with Crippen molar-refractivity contribution in [2.45, 2.75) is 65.9 Å². The normalized spacial score (nSPS) is 29.2. The molecule has 94 valence electrons. The van der Waals surface area contributed by atoms with Gasteiger partial charge in [0.25, 0.3) is 0 Å². The molecule has 1 N–H and O–H groups in total. The fourth-order valence-corrected chi connectivity index (χ4v) is 2.62. The molecule has 0 spiro atoms. The summed E-state index contributed by atoms with van der Waals surface area (Å²) in [5.74, 6) is 1.10. The molecular weight excluding hydrogens is 200 g/mol. The highest BCUT2D eigenvalue weighted by Crippen LogP contribution is 2.40. The first-order valence-corrected chi connectivity index (χ1v) is 6.55. The lowest BCUT2D eigenvalue weighted by Gasteiger charge is -2.37. The summed E-state index contributed by atoms with van der Waals surface area (Å²) in [6.07, 6.45) is 3.84. The minimum absolute atomic E-state index is 0.105. The van der Waals surface area contributed by atoms with E-state index in [0.29, 0.717) is 24.5 Å². The standard InChI is InChI=1S/C14H26O2/c1-5-12(15)9-10-8-11(14(2,3)4)6-7-13(10)16/h10-12,15H,5-9H2,1-4H3. The van der Waals surface area contributed by atoms with Gasteiger partial charge in [-0.3, -0.25) is 4.79 Å². The highest BCUT2D eigenvalue weighted by atomic mass is 16.3. The summed E-state index contributed by atoms with van der Waals surface area (Å²) >= 11 is 0. The molecule has 1 aliphatic rings. The second-order valence-corrected chi connectivity index (χ2v) is 6.30. The van der Waals surface area contributed by atoms with Gasteiger partial charge in [-0.2, -0.15) is 0 Å². The van der Waals surface area contributed by atoms with Gasteiger partial charge in [-0.25, -0.2) is 0 Å². The smallest absolute Gasteiger partial charge is 0.136 e. The summed E-state index contributed by atoms with van der Waals surface area (Å²) in [6.45, 7) is 8.72. The fraction of sp³-hybridized carbons (Fsp3) is 0.929. The second kappa shape index (κ2) is 5.31. The average molecular weight is 226 g/mol. The van der Waals surface area contributed by atoms with Gasteiger partial charge in [0.05, 0.1) is 6.10 Å². The first-order valence-electron chi connectivity index (χ1n) is 6.55. The monoisotopic (exact) mass is 226 g/mol. The summed E-state index contributed by atoms with van der Waals surface area (Å²) in [5.41, 5.74) is 0.288. The number of ketones is 1. The van der Waals surface area contributed by atoms with Crippen LogP contribution < -0.4 is 0 Å². The number of aliphatic hydroxyl groups excluding tert-OH is 1. The van der Waals surface area contributed by atoms with E-state index in [1.807, 2.05) is 6.92 Å². The molecule has 1 rings (SSSR count). The maximum absolute atomic E-state index is 11.8. The van der Waals surface area contributed by atoms with E-state index >= 15 is 0 Å². The molecule has 0 amide bonds. The lowest BCUT2D eigenvalue weighted by Crippen LogP contribution is -2.33. The van der Waals surface area contributed by atoms with Gasteiger partial charge in [-0.05, 0) is 37.0 Å². The fourth-order valence-electron chi connectivity index (χ4n) is 2.62. The number of carbonyl (C=O) groups is 1. The van der Waals surface area contributed by atoms with E-state index in [9.17, 15) is 9.90 Å². The molecule has 0 aliphatic heterocycles. The number of rotatable bonds is 3. The number of hydrogen-bond donors (Lipinski definition) is 1. The van der Waals surface area contributed by atoms with E-state index < -0.39 is 0 Å². The SMILES string of the molecule is CCC(O)CC1CC(C(C)(C)C)CCC1=O. The van der Waals surface area contributed by atoms with E-state index in [2.05, 4.69) is 20.8 Å². The van der Waals surface area contributed by atoms with Gasteiger partial charge in [-0.1, -0.05) is 27.7 Å². The first kappa shape index (κ1) is 13.7. The Bertz CT molecular complexity index is 240. The summed E-state index contributed by atoms with van der Waals surface area (Å²) in [5, 5.41) is 9.66. The zero-order chi connectivity index (χ0) is 12.3. The van der Waals surface area contributed by atoms with E-state index in [1.165, 1.54) is 0 Å².